The van der Waals surface area contributed by atoms with Gasteiger partial charge in [-0.2, -0.15) is 0 Å². The first-order chi connectivity index (χ1) is 9.13. The molecule has 1 atom stereocenters. The van der Waals surface area contributed by atoms with Crippen molar-refractivity contribution in [2.24, 2.45) is 0 Å². The van der Waals surface area contributed by atoms with E-state index in [0.717, 1.165) is 19.4 Å². The van der Waals surface area contributed by atoms with Crippen LogP contribution in [0.5, 0.6) is 0 Å². The lowest BCUT2D eigenvalue weighted by molar-refractivity contribution is -0.117. The van der Waals surface area contributed by atoms with Crippen molar-refractivity contribution in [1.29, 1.82) is 0 Å². The van der Waals surface area contributed by atoms with Crippen molar-refractivity contribution in [2.75, 3.05) is 6.54 Å². The van der Waals surface area contributed by atoms with Crippen LogP contribution < -0.4 is 10.6 Å². The Hall–Kier alpha value is -1.61. The molecule has 0 radical (unpaired) electrons. The van der Waals surface area contributed by atoms with E-state index in [0.29, 0.717) is 18.2 Å². The van der Waals surface area contributed by atoms with Gasteiger partial charge in [0.2, 0.25) is 5.91 Å². The minimum absolute atomic E-state index is 0.0575. The Kier molecular flexibility index (Phi) is 6.90. The number of benzene rings is 1. The number of amides is 1. The first-order valence-corrected chi connectivity index (χ1v) is 6.84. The number of nitrogens with one attached hydrogen (secondary N) is 2. The first-order valence-electron chi connectivity index (χ1n) is 6.84. The number of hydrogen-bond acceptors (Lipinski definition) is 2. The minimum Gasteiger partial charge on any atom is -0.352 e. The molecule has 0 aromatic heterocycles. The summed E-state index contributed by atoms with van der Waals surface area (Å²) < 4.78 is 0. The minimum atomic E-state index is -0.0575. The largest absolute Gasteiger partial charge is 0.352 e. The highest BCUT2D eigenvalue weighted by Crippen LogP contribution is 2.02. The molecule has 0 fully saturated rings. The molecule has 2 N–H and O–H groups in total. The maximum Gasteiger partial charge on any atom is 0.246 e. The van der Waals surface area contributed by atoms with Crippen molar-refractivity contribution < 1.29 is 4.79 Å². The number of carbonyl (C=O) groups is 1. The maximum atomic E-state index is 11.4. The summed E-state index contributed by atoms with van der Waals surface area (Å²) in [7, 11) is 0. The summed E-state index contributed by atoms with van der Waals surface area (Å²) in [5, 5.41) is 6.38. The quantitative estimate of drug-likeness (QED) is 0.706. The van der Waals surface area contributed by atoms with Crippen LogP contribution in [-0.2, 0) is 11.3 Å². The lowest BCUT2D eigenvalue weighted by Gasteiger charge is -2.17. The van der Waals surface area contributed by atoms with Crippen LogP contribution in [0.2, 0.25) is 0 Å². The molecular formula is C16H24N2O. The fourth-order valence-corrected chi connectivity index (χ4v) is 1.82. The van der Waals surface area contributed by atoms with Crippen molar-refractivity contribution in [3.05, 3.63) is 48.0 Å². The zero-order chi connectivity index (χ0) is 14.1. The van der Waals surface area contributed by atoms with Gasteiger partial charge >= 0.3 is 0 Å². The zero-order valence-corrected chi connectivity index (χ0v) is 11.9. The molecule has 1 aromatic rings. The molecule has 19 heavy (non-hydrogen) atoms. The third-order valence-corrected chi connectivity index (χ3v) is 3.10. The van der Waals surface area contributed by atoms with Gasteiger partial charge in [0.25, 0.3) is 0 Å². The van der Waals surface area contributed by atoms with Gasteiger partial charge in [-0.15, -0.1) is 0 Å². The molecule has 0 aliphatic carbocycles. The molecule has 0 heterocycles. The fraction of sp³-hybridized carbons (Fsp3) is 0.438. The number of hydrogen-bond donors (Lipinski definition) is 2. The maximum absolute atomic E-state index is 11.4. The zero-order valence-electron chi connectivity index (χ0n) is 11.9. The molecular weight excluding hydrogens is 236 g/mol. The van der Waals surface area contributed by atoms with E-state index < -0.39 is 0 Å². The van der Waals surface area contributed by atoms with E-state index in [1.807, 2.05) is 18.2 Å². The monoisotopic (exact) mass is 260 g/mol. The Morgan fingerprint density at radius 3 is 2.58 bits per heavy atom. The molecule has 0 spiro atoms. The summed E-state index contributed by atoms with van der Waals surface area (Å²) >= 11 is 0. The van der Waals surface area contributed by atoms with Crippen LogP contribution in [0.15, 0.2) is 42.5 Å². The van der Waals surface area contributed by atoms with Gasteiger partial charge in [0.15, 0.2) is 0 Å². The van der Waals surface area contributed by atoms with Crippen LogP contribution >= 0.6 is 0 Å². The molecule has 3 heteroatoms. The predicted molar refractivity (Wildman–Crippen MR) is 79.8 cm³/mol. The molecule has 0 bridgehead atoms. The van der Waals surface area contributed by atoms with Gasteiger partial charge in [0.1, 0.15) is 0 Å². The Bertz CT molecular complexity index is 400. The lowest BCUT2D eigenvalue weighted by Crippen LogP contribution is -2.33. The van der Waals surface area contributed by atoms with Crippen molar-refractivity contribution >= 4 is 5.91 Å². The smallest absolute Gasteiger partial charge is 0.246 e. The van der Waals surface area contributed by atoms with Gasteiger partial charge < -0.3 is 10.6 Å². The topological polar surface area (TPSA) is 41.1 Å². The molecule has 1 amide bonds. The highest BCUT2D eigenvalue weighted by atomic mass is 16.1. The third-order valence-electron chi connectivity index (χ3n) is 3.10. The summed E-state index contributed by atoms with van der Waals surface area (Å²) in [4.78, 5) is 11.4. The van der Waals surface area contributed by atoms with Gasteiger partial charge in [-0.05, 0) is 25.3 Å². The second-order valence-electron chi connectivity index (χ2n) is 4.80. The van der Waals surface area contributed by atoms with Gasteiger partial charge in [0.05, 0.1) is 0 Å². The summed E-state index contributed by atoms with van der Waals surface area (Å²) in [6.45, 7) is 9.06. The van der Waals surface area contributed by atoms with E-state index in [1.54, 1.807) is 6.92 Å². The van der Waals surface area contributed by atoms with Gasteiger partial charge in [-0.1, -0.05) is 43.8 Å². The standard InChI is InChI=1S/C16H24N2O/c1-4-15(10-11-17-16(19)13(2)3)18-12-14-8-6-5-7-9-14/h5-9,15,18H,2,4,10-12H2,1,3H3,(H,17,19). The molecule has 1 aromatic carbocycles. The van der Waals surface area contributed by atoms with Crippen LogP contribution in [0.25, 0.3) is 0 Å². The van der Waals surface area contributed by atoms with Crippen LogP contribution in [0.4, 0.5) is 0 Å². The van der Waals surface area contributed by atoms with Crippen molar-refractivity contribution in [1.82, 2.24) is 10.6 Å². The van der Waals surface area contributed by atoms with Crippen LogP contribution in [-0.4, -0.2) is 18.5 Å². The third kappa shape index (κ3) is 6.20. The Labute approximate surface area is 116 Å². The molecule has 0 saturated heterocycles. The molecule has 0 aliphatic rings. The number of rotatable bonds is 8. The molecule has 104 valence electrons. The van der Waals surface area contributed by atoms with Gasteiger partial charge in [-0.25, -0.2) is 0 Å². The van der Waals surface area contributed by atoms with E-state index in [4.69, 9.17) is 0 Å². The highest BCUT2D eigenvalue weighted by Gasteiger charge is 2.07. The predicted octanol–water partition coefficient (Wildman–Crippen LogP) is 2.64. The van der Waals surface area contributed by atoms with Crippen molar-refractivity contribution in [3.8, 4) is 0 Å². The summed E-state index contributed by atoms with van der Waals surface area (Å²) in [5.41, 5.74) is 1.84. The Balaban J connectivity index is 2.26. The normalized spacial score (nSPS) is 11.9. The summed E-state index contributed by atoms with van der Waals surface area (Å²) in [5.74, 6) is -0.0575. The van der Waals surface area contributed by atoms with Crippen molar-refractivity contribution in [2.45, 2.75) is 39.3 Å². The molecule has 0 saturated carbocycles. The van der Waals surface area contributed by atoms with Crippen LogP contribution in [0.3, 0.4) is 0 Å². The van der Waals surface area contributed by atoms with Crippen LogP contribution in [0.1, 0.15) is 32.3 Å². The highest BCUT2D eigenvalue weighted by molar-refractivity contribution is 5.91. The van der Waals surface area contributed by atoms with E-state index in [2.05, 4.69) is 36.3 Å². The second-order valence-corrected chi connectivity index (χ2v) is 4.80. The first kappa shape index (κ1) is 15.4. The second kappa shape index (κ2) is 8.48. The lowest BCUT2D eigenvalue weighted by atomic mass is 10.1. The van der Waals surface area contributed by atoms with E-state index in [-0.39, 0.29) is 5.91 Å². The summed E-state index contributed by atoms with van der Waals surface area (Å²) in [6.07, 6.45) is 1.98. The average Bonchev–Trinajstić information content (AvgIpc) is 2.43. The van der Waals surface area contributed by atoms with Crippen molar-refractivity contribution in [3.63, 3.8) is 0 Å². The SMILES string of the molecule is C=C(C)C(=O)NCCC(CC)NCc1ccccc1. The Morgan fingerprint density at radius 1 is 1.32 bits per heavy atom. The summed E-state index contributed by atoms with van der Waals surface area (Å²) in [6, 6.07) is 10.8. The van der Waals surface area contributed by atoms with E-state index >= 15 is 0 Å². The van der Waals surface area contributed by atoms with E-state index in [9.17, 15) is 4.79 Å². The van der Waals surface area contributed by atoms with Gasteiger partial charge in [-0.3, -0.25) is 4.79 Å². The fourth-order valence-electron chi connectivity index (χ4n) is 1.82. The van der Waals surface area contributed by atoms with Crippen LogP contribution in [0, 0.1) is 0 Å². The van der Waals surface area contributed by atoms with E-state index in [1.165, 1.54) is 5.56 Å². The number of carbonyl (C=O) groups excluding carboxylic acids is 1. The average molecular weight is 260 g/mol. The Morgan fingerprint density at radius 2 is 2.00 bits per heavy atom. The molecule has 0 aliphatic heterocycles. The molecule has 1 unspecified atom stereocenters. The molecule has 3 nitrogen and oxygen atoms in total. The van der Waals surface area contributed by atoms with Gasteiger partial charge in [0, 0.05) is 24.7 Å². The molecule has 1 rings (SSSR count).